The van der Waals surface area contributed by atoms with Crippen LogP contribution in [0.25, 0.3) is 11.1 Å². The summed E-state index contributed by atoms with van der Waals surface area (Å²) >= 11 is 2.49. The highest BCUT2D eigenvalue weighted by molar-refractivity contribution is 8.14. The predicted molar refractivity (Wildman–Crippen MR) is 214 cm³/mol. The van der Waals surface area contributed by atoms with Crippen LogP contribution < -0.4 is 5.32 Å². The summed E-state index contributed by atoms with van der Waals surface area (Å²) in [5.74, 6) is -2.10. The number of amidine groups is 1. The number of carbonyl (C=O) groups is 4. The van der Waals surface area contributed by atoms with Crippen LogP contribution in [-0.2, 0) is 19.1 Å². The number of nitrogens with zero attached hydrogens (tertiary/aromatic N) is 3. The molecule has 9 nitrogen and oxygen atoms in total. The lowest BCUT2D eigenvalue weighted by Gasteiger charge is -2.28. The number of thiophene rings is 1. The van der Waals surface area contributed by atoms with E-state index in [0.717, 1.165) is 44.7 Å². The number of benzene rings is 2. The Bertz CT molecular complexity index is 2130. The molecule has 11 heteroatoms. The standard InChI is InChI=1S/C42H42N4O5S2/c1-8-11-22-33(9-2)46-39(49)34(24-32-23-26(4)45(28(32)6)40-36(41(50)51-10-3)27(5)29(7)53-40)38(48)44-42(46)52-25-35(47)43-37(30-18-14-12-15-19-30)31-20-16-13-17-21-31/h8-9,11-24,37H,1,10,25H2,2-7H3,(H,43,47)/b22-11-,33-9+,34-24+. The summed E-state index contributed by atoms with van der Waals surface area (Å²) in [7, 11) is 0. The number of aromatic nitrogens is 1. The van der Waals surface area contributed by atoms with E-state index < -0.39 is 23.8 Å². The molecule has 1 N–H and O–H groups in total. The van der Waals surface area contributed by atoms with Gasteiger partial charge in [-0.1, -0.05) is 97.2 Å². The molecule has 0 radical (unpaired) electrons. The van der Waals surface area contributed by atoms with Crippen LogP contribution in [0.15, 0.2) is 114 Å². The number of hydrogen-bond donors (Lipinski definition) is 1. The quantitative estimate of drug-likeness (QED) is 0.0676. The highest BCUT2D eigenvalue weighted by atomic mass is 32.2. The van der Waals surface area contributed by atoms with Gasteiger partial charge < -0.3 is 14.6 Å². The SMILES string of the molecule is C=C/C=C\C(=C/C)N1C(=O)/C(=C/c2cc(C)n(-c3sc(C)c(C)c3C(=O)OCC)c2C)C(=O)N=C1SCC(=O)NC(c1ccccc1)c1ccccc1. The van der Waals surface area contributed by atoms with Gasteiger partial charge in [0.05, 0.1) is 24.0 Å². The van der Waals surface area contributed by atoms with E-state index in [1.165, 1.54) is 16.2 Å². The highest BCUT2D eigenvalue weighted by Crippen LogP contribution is 2.36. The zero-order valence-electron chi connectivity index (χ0n) is 30.6. The first-order valence-corrected chi connectivity index (χ1v) is 18.9. The molecule has 2 aromatic heterocycles. The van der Waals surface area contributed by atoms with Crippen molar-refractivity contribution in [2.75, 3.05) is 12.4 Å². The molecule has 2 aromatic carbocycles. The van der Waals surface area contributed by atoms with Gasteiger partial charge in [-0.15, -0.1) is 11.3 Å². The maximum Gasteiger partial charge on any atom is 0.341 e. The van der Waals surface area contributed by atoms with Gasteiger partial charge in [0.1, 0.15) is 10.6 Å². The van der Waals surface area contributed by atoms with Gasteiger partial charge in [0.2, 0.25) is 5.91 Å². The Kier molecular flexibility index (Phi) is 12.7. The summed E-state index contributed by atoms with van der Waals surface area (Å²) in [6.45, 7) is 15.2. The zero-order chi connectivity index (χ0) is 38.2. The fourth-order valence-electron chi connectivity index (χ4n) is 6.01. The molecule has 4 aromatic rings. The molecule has 0 saturated carbocycles. The van der Waals surface area contributed by atoms with Crippen molar-refractivity contribution in [2.24, 2.45) is 4.99 Å². The van der Waals surface area contributed by atoms with E-state index in [0.29, 0.717) is 21.8 Å². The molecule has 3 heterocycles. The van der Waals surface area contributed by atoms with Crippen LogP contribution in [0.5, 0.6) is 0 Å². The lowest BCUT2D eigenvalue weighted by Crippen LogP contribution is -2.42. The van der Waals surface area contributed by atoms with Gasteiger partial charge in [-0.3, -0.25) is 19.3 Å². The molecule has 5 rings (SSSR count). The first-order valence-electron chi connectivity index (χ1n) is 17.1. The Labute approximate surface area is 318 Å². The lowest BCUT2D eigenvalue weighted by molar-refractivity contribution is -0.126. The van der Waals surface area contributed by atoms with Crippen molar-refractivity contribution in [1.29, 1.82) is 0 Å². The fraction of sp³-hybridized carbons (Fsp3) is 0.214. The van der Waals surface area contributed by atoms with Crippen molar-refractivity contribution in [2.45, 2.75) is 47.6 Å². The first kappa shape index (κ1) is 38.7. The van der Waals surface area contributed by atoms with Crippen molar-refractivity contribution >= 4 is 58.0 Å². The Morgan fingerprint density at radius 2 is 1.66 bits per heavy atom. The Morgan fingerprint density at radius 1 is 1.02 bits per heavy atom. The summed E-state index contributed by atoms with van der Waals surface area (Å²) in [4.78, 5) is 61.2. The van der Waals surface area contributed by atoms with E-state index in [1.54, 1.807) is 44.2 Å². The molecule has 1 aliphatic heterocycles. The molecule has 3 amide bonds. The number of hydrogen-bond acceptors (Lipinski definition) is 7. The molecule has 0 aliphatic carbocycles. The van der Waals surface area contributed by atoms with Crippen LogP contribution in [0.3, 0.4) is 0 Å². The Balaban J connectivity index is 1.48. The summed E-state index contributed by atoms with van der Waals surface area (Å²) < 4.78 is 7.33. The van der Waals surface area contributed by atoms with E-state index >= 15 is 0 Å². The number of nitrogens with one attached hydrogen (secondary N) is 1. The molecule has 0 fully saturated rings. The monoisotopic (exact) mass is 746 g/mol. The molecular weight excluding hydrogens is 705 g/mol. The molecule has 0 spiro atoms. The maximum atomic E-state index is 14.3. The lowest BCUT2D eigenvalue weighted by atomic mass is 9.99. The maximum absolute atomic E-state index is 14.3. The second-order valence-corrected chi connectivity index (χ2v) is 14.3. The number of esters is 1. The predicted octanol–water partition coefficient (Wildman–Crippen LogP) is 8.34. The molecule has 1 aliphatic rings. The van der Waals surface area contributed by atoms with Crippen LogP contribution in [0.2, 0.25) is 0 Å². The van der Waals surface area contributed by atoms with Crippen LogP contribution in [0.1, 0.15) is 68.8 Å². The number of aryl methyl sites for hydroxylation is 2. The van der Waals surface area contributed by atoms with E-state index in [-0.39, 0.29) is 29.0 Å². The third kappa shape index (κ3) is 8.42. The third-order valence-corrected chi connectivity index (χ3v) is 10.9. The average molecular weight is 747 g/mol. The number of allylic oxidation sites excluding steroid dienone is 4. The zero-order valence-corrected chi connectivity index (χ0v) is 32.3. The van der Waals surface area contributed by atoms with E-state index in [1.807, 2.05) is 99.0 Å². The second kappa shape index (κ2) is 17.3. The second-order valence-electron chi connectivity index (χ2n) is 12.2. The van der Waals surface area contributed by atoms with E-state index in [9.17, 15) is 19.2 Å². The fourth-order valence-corrected chi connectivity index (χ4v) is 8.07. The van der Waals surface area contributed by atoms with Crippen molar-refractivity contribution in [3.05, 3.63) is 153 Å². The summed E-state index contributed by atoms with van der Waals surface area (Å²) in [6.07, 6.45) is 8.23. The van der Waals surface area contributed by atoms with Crippen LogP contribution in [0, 0.1) is 27.7 Å². The van der Waals surface area contributed by atoms with Crippen molar-refractivity contribution in [1.82, 2.24) is 14.8 Å². The van der Waals surface area contributed by atoms with Crippen molar-refractivity contribution in [3.63, 3.8) is 0 Å². The molecule has 53 heavy (non-hydrogen) atoms. The van der Waals surface area contributed by atoms with Gasteiger partial charge in [-0.05, 0) is 82.0 Å². The molecule has 0 bridgehead atoms. The minimum absolute atomic E-state index is 0.0826. The van der Waals surface area contributed by atoms with E-state index in [4.69, 9.17) is 4.74 Å². The van der Waals surface area contributed by atoms with Gasteiger partial charge in [0.15, 0.2) is 5.17 Å². The summed E-state index contributed by atoms with van der Waals surface area (Å²) in [6, 6.07) is 20.8. The number of ether oxygens (including phenoxy) is 1. The third-order valence-electron chi connectivity index (χ3n) is 8.73. The first-order chi connectivity index (χ1) is 25.5. The van der Waals surface area contributed by atoms with Gasteiger partial charge >= 0.3 is 5.97 Å². The number of amides is 3. The van der Waals surface area contributed by atoms with Gasteiger partial charge in [0, 0.05) is 22.0 Å². The number of rotatable bonds is 12. The summed E-state index contributed by atoms with van der Waals surface area (Å²) in [5.41, 5.74) is 5.67. The minimum Gasteiger partial charge on any atom is -0.462 e. The Morgan fingerprint density at radius 3 is 2.25 bits per heavy atom. The summed E-state index contributed by atoms with van der Waals surface area (Å²) in [5, 5.41) is 3.90. The van der Waals surface area contributed by atoms with Crippen molar-refractivity contribution < 1.29 is 23.9 Å². The topological polar surface area (TPSA) is 110 Å². The van der Waals surface area contributed by atoms with Gasteiger partial charge in [-0.25, -0.2) is 4.79 Å². The van der Waals surface area contributed by atoms with Crippen LogP contribution >= 0.6 is 23.1 Å². The average Bonchev–Trinajstić information content (AvgIpc) is 3.60. The van der Waals surface area contributed by atoms with Gasteiger partial charge in [-0.2, -0.15) is 4.99 Å². The molecular formula is C42H42N4O5S2. The smallest absolute Gasteiger partial charge is 0.341 e. The van der Waals surface area contributed by atoms with Crippen LogP contribution in [0.4, 0.5) is 0 Å². The highest BCUT2D eigenvalue weighted by Gasteiger charge is 2.36. The molecule has 0 atom stereocenters. The van der Waals surface area contributed by atoms with E-state index in [2.05, 4.69) is 16.9 Å². The number of thioether (sulfide) groups is 1. The number of carbonyl (C=O) groups excluding carboxylic acids is 4. The van der Waals surface area contributed by atoms with Crippen LogP contribution in [-0.4, -0.2) is 50.7 Å². The number of aliphatic imine (C=N–C) groups is 1. The molecule has 0 unspecified atom stereocenters. The largest absolute Gasteiger partial charge is 0.462 e. The Hall–Kier alpha value is -5.52. The van der Waals surface area contributed by atoms with Crippen molar-refractivity contribution in [3.8, 4) is 5.00 Å². The molecule has 272 valence electrons. The minimum atomic E-state index is -0.719. The van der Waals surface area contributed by atoms with Gasteiger partial charge in [0.25, 0.3) is 11.8 Å². The molecule has 0 saturated heterocycles. The normalized spacial score (nSPS) is 14.3.